The van der Waals surface area contributed by atoms with Crippen molar-refractivity contribution < 1.29 is 28.6 Å². The fourth-order valence-electron chi connectivity index (χ4n) is 3.71. The van der Waals surface area contributed by atoms with E-state index >= 15 is 0 Å². The van der Waals surface area contributed by atoms with Crippen LogP contribution in [0.25, 0.3) is 6.08 Å². The van der Waals surface area contributed by atoms with Gasteiger partial charge in [0.1, 0.15) is 17.2 Å². The summed E-state index contributed by atoms with van der Waals surface area (Å²) in [7, 11) is 1.58. The van der Waals surface area contributed by atoms with E-state index in [1.165, 1.54) is 6.08 Å². The van der Waals surface area contributed by atoms with Crippen molar-refractivity contribution in [1.29, 1.82) is 0 Å². The summed E-state index contributed by atoms with van der Waals surface area (Å²) in [6, 6.07) is 8.46. The van der Waals surface area contributed by atoms with Gasteiger partial charge in [-0.15, -0.1) is 0 Å². The summed E-state index contributed by atoms with van der Waals surface area (Å²) in [5.74, 6) is 0.291. The second-order valence-electron chi connectivity index (χ2n) is 14.2. The molecule has 40 heavy (non-hydrogen) atoms. The predicted molar refractivity (Wildman–Crippen MR) is 160 cm³/mol. The number of benzene rings is 2. The monoisotopic (exact) mass is 550 g/mol. The first-order valence-electron chi connectivity index (χ1n) is 13.6. The minimum absolute atomic E-state index is 0.262. The first kappa shape index (κ1) is 32.8. The Kier molecular flexibility index (Phi) is 9.51. The van der Waals surface area contributed by atoms with Crippen LogP contribution in [0.1, 0.15) is 110 Å². The van der Waals surface area contributed by atoms with E-state index in [1.54, 1.807) is 79.0 Å². The van der Waals surface area contributed by atoms with Gasteiger partial charge in [-0.3, -0.25) is 14.4 Å². The quantitative estimate of drug-likeness (QED) is 0.157. The predicted octanol–water partition coefficient (Wildman–Crippen LogP) is 8.09. The van der Waals surface area contributed by atoms with Crippen molar-refractivity contribution >= 4 is 23.8 Å². The summed E-state index contributed by atoms with van der Waals surface area (Å²) >= 11 is 0. The first-order valence-corrected chi connectivity index (χ1v) is 13.6. The molecular formula is C34H46O6. The largest absolute Gasteiger partial charge is 0.496 e. The second kappa shape index (κ2) is 11.6. The van der Waals surface area contributed by atoms with Gasteiger partial charge in [0.15, 0.2) is 5.78 Å². The van der Waals surface area contributed by atoms with Crippen LogP contribution in [0, 0.1) is 10.8 Å². The van der Waals surface area contributed by atoms with Crippen LogP contribution in [0.2, 0.25) is 0 Å². The van der Waals surface area contributed by atoms with E-state index in [4.69, 9.17) is 14.2 Å². The molecule has 0 aliphatic carbocycles. The van der Waals surface area contributed by atoms with E-state index in [0.29, 0.717) is 28.4 Å². The van der Waals surface area contributed by atoms with Crippen LogP contribution in [0.3, 0.4) is 0 Å². The molecule has 0 heterocycles. The summed E-state index contributed by atoms with van der Waals surface area (Å²) in [5, 5.41) is 0. The third-order valence-corrected chi connectivity index (χ3v) is 6.26. The van der Waals surface area contributed by atoms with Gasteiger partial charge in [0, 0.05) is 16.7 Å². The minimum Gasteiger partial charge on any atom is -0.496 e. The maximum absolute atomic E-state index is 13.2. The molecular weight excluding hydrogens is 504 g/mol. The van der Waals surface area contributed by atoms with E-state index < -0.39 is 10.8 Å². The summed E-state index contributed by atoms with van der Waals surface area (Å²) in [5.41, 5.74) is 0.694. The van der Waals surface area contributed by atoms with Gasteiger partial charge in [0.05, 0.1) is 23.5 Å². The van der Waals surface area contributed by atoms with Crippen molar-refractivity contribution in [3.05, 3.63) is 58.7 Å². The minimum atomic E-state index is -0.736. The molecule has 0 radical (unpaired) electrons. The summed E-state index contributed by atoms with van der Waals surface area (Å²) in [6.45, 7) is 23.2. The number of methoxy groups -OCH3 is 1. The lowest BCUT2D eigenvalue weighted by molar-refractivity contribution is -0.143. The molecule has 2 rings (SSSR count). The Morgan fingerprint density at radius 3 is 1.52 bits per heavy atom. The molecule has 0 aromatic heterocycles. The highest BCUT2D eigenvalue weighted by Gasteiger charge is 2.33. The van der Waals surface area contributed by atoms with Crippen molar-refractivity contribution in [1.82, 2.24) is 0 Å². The van der Waals surface area contributed by atoms with Crippen molar-refractivity contribution in [3.8, 4) is 17.2 Å². The topological polar surface area (TPSA) is 78.9 Å². The normalized spacial score (nSPS) is 12.8. The number of rotatable bonds is 6. The van der Waals surface area contributed by atoms with Gasteiger partial charge in [-0.25, -0.2) is 0 Å². The molecule has 2 aromatic rings. The van der Waals surface area contributed by atoms with Crippen LogP contribution in [0.4, 0.5) is 0 Å². The van der Waals surface area contributed by atoms with Crippen molar-refractivity contribution in [2.45, 2.75) is 93.9 Å². The SMILES string of the molecule is COc1c(C(C)(C)C)cc(C(C)(C)C)c(OC(=O)C(C)(C)C)c1/C=C/C(=O)c1ccc(OC(=O)C(C)(C)C)cc1. The second-order valence-corrected chi connectivity index (χ2v) is 14.2. The number of ketones is 1. The van der Waals surface area contributed by atoms with E-state index in [-0.39, 0.29) is 28.6 Å². The Bertz CT molecular complexity index is 1280. The highest BCUT2D eigenvalue weighted by atomic mass is 16.5. The zero-order valence-electron chi connectivity index (χ0n) is 26.5. The van der Waals surface area contributed by atoms with E-state index in [9.17, 15) is 14.4 Å². The maximum atomic E-state index is 13.2. The Hall–Kier alpha value is -3.41. The van der Waals surface area contributed by atoms with Crippen LogP contribution in [-0.2, 0) is 20.4 Å². The van der Waals surface area contributed by atoms with Crippen LogP contribution >= 0.6 is 0 Å². The molecule has 0 unspecified atom stereocenters. The third-order valence-electron chi connectivity index (χ3n) is 6.26. The van der Waals surface area contributed by atoms with Gasteiger partial charge in [-0.1, -0.05) is 41.5 Å². The standard InChI is InChI=1S/C34H46O6/c1-31(2,3)24-20-25(32(4,5)6)28(40-30(37)34(10,11)12)23(27(24)38-13)18-19-26(35)21-14-16-22(17-15-21)39-29(36)33(7,8)9/h14-20H,1-13H3/b19-18+. The Morgan fingerprint density at radius 2 is 1.10 bits per heavy atom. The number of carbonyl (C=O) groups is 3. The molecule has 218 valence electrons. The Morgan fingerprint density at radius 1 is 0.650 bits per heavy atom. The number of ether oxygens (including phenoxy) is 3. The average Bonchev–Trinajstić information content (AvgIpc) is 2.80. The third kappa shape index (κ3) is 8.06. The highest BCUT2D eigenvalue weighted by molar-refractivity contribution is 6.07. The number of allylic oxidation sites excluding steroid dienone is 1. The molecule has 0 saturated carbocycles. The molecule has 0 bridgehead atoms. The summed E-state index contributed by atoms with van der Waals surface area (Å²) in [6.07, 6.45) is 3.10. The molecule has 0 aliphatic rings. The number of esters is 2. The lowest BCUT2D eigenvalue weighted by atomic mass is 9.78. The molecule has 6 heteroatoms. The average molecular weight is 551 g/mol. The smallest absolute Gasteiger partial charge is 0.316 e. The number of carbonyl (C=O) groups excluding carboxylic acids is 3. The molecule has 0 amide bonds. The van der Waals surface area contributed by atoms with Crippen LogP contribution in [-0.4, -0.2) is 24.8 Å². The zero-order valence-corrected chi connectivity index (χ0v) is 26.5. The van der Waals surface area contributed by atoms with E-state index in [2.05, 4.69) is 41.5 Å². The Balaban J connectivity index is 2.66. The zero-order chi connectivity index (χ0) is 30.8. The summed E-state index contributed by atoms with van der Waals surface area (Å²) < 4.78 is 17.4. The van der Waals surface area contributed by atoms with Gasteiger partial charge in [0.2, 0.25) is 0 Å². The maximum Gasteiger partial charge on any atom is 0.316 e. The van der Waals surface area contributed by atoms with Gasteiger partial charge in [-0.05, 0) is 94.9 Å². The molecule has 2 aromatic carbocycles. The Labute approximate surface area is 240 Å². The van der Waals surface area contributed by atoms with Crippen LogP contribution in [0.15, 0.2) is 36.4 Å². The molecule has 0 N–H and O–H groups in total. The first-order chi connectivity index (χ1) is 18.1. The molecule has 0 spiro atoms. The fraction of sp³-hybridized carbons (Fsp3) is 0.500. The van der Waals surface area contributed by atoms with Gasteiger partial charge >= 0.3 is 11.9 Å². The highest BCUT2D eigenvalue weighted by Crippen LogP contribution is 2.46. The molecule has 0 saturated heterocycles. The van der Waals surface area contributed by atoms with Gasteiger partial charge < -0.3 is 14.2 Å². The molecule has 0 aliphatic heterocycles. The van der Waals surface area contributed by atoms with E-state index in [0.717, 1.165) is 11.1 Å². The molecule has 0 fully saturated rings. The number of hydrogen-bond acceptors (Lipinski definition) is 6. The van der Waals surface area contributed by atoms with Crippen LogP contribution < -0.4 is 14.2 Å². The molecule has 6 nitrogen and oxygen atoms in total. The van der Waals surface area contributed by atoms with Crippen LogP contribution in [0.5, 0.6) is 17.2 Å². The molecule has 0 atom stereocenters. The van der Waals surface area contributed by atoms with Gasteiger partial charge in [-0.2, -0.15) is 0 Å². The fourth-order valence-corrected chi connectivity index (χ4v) is 3.71. The van der Waals surface area contributed by atoms with Crippen molar-refractivity contribution in [2.24, 2.45) is 10.8 Å². The van der Waals surface area contributed by atoms with Crippen molar-refractivity contribution in [3.63, 3.8) is 0 Å². The number of hydrogen-bond donors (Lipinski definition) is 0. The summed E-state index contributed by atoms with van der Waals surface area (Å²) in [4.78, 5) is 38.5. The van der Waals surface area contributed by atoms with Gasteiger partial charge in [0.25, 0.3) is 0 Å². The lowest BCUT2D eigenvalue weighted by Crippen LogP contribution is -2.28. The van der Waals surface area contributed by atoms with Crippen molar-refractivity contribution in [2.75, 3.05) is 7.11 Å². The lowest BCUT2D eigenvalue weighted by Gasteiger charge is -2.31. The van der Waals surface area contributed by atoms with E-state index in [1.807, 2.05) is 6.07 Å².